The van der Waals surface area contributed by atoms with Gasteiger partial charge in [-0.25, -0.2) is 4.39 Å². The number of amides is 2. The Balaban J connectivity index is 1.35. The molecule has 2 amide bonds. The zero-order chi connectivity index (χ0) is 20.9. The summed E-state index contributed by atoms with van der Waals surface area (Å²) in [5.74, 6) is -0.567. The van der Waals surface area contributed by atoms with Gasteiger partial charge in [0.2, 0.25) is 11.8 Å². The minimum Gasteiger partial charge on any atom is -0.378 e. The standard InChI is InChI=1S/C23H24FN3O3/c24-20-16-18(6-9-21(20)26-12-14-30-15-13-26)25-22(28)10-5-17-3-7-19(8-4-17)27-11-1-2-23(27)29/h3-10,16H,1-2,11-15H2,(H,25,28)/b10-5+. The lowest BCUT2D eigenvalue weighted by molar-refractivity contribution is -0.117. The number of carbonyl (C=O) groups excluding carboxylic acids is 2. The Bertz CT molecular complexity index is 953. The Hall–Kier alpha value is -3.19. The van der Waals surface area contributed by atoms with Crippen LogP contribution in [0, 0.1) is 5.82 Å². The van der Waals surface area contributed by atoms with Crippen molar-refractivity contribution in [3.63, 3.8) is 0 Å². The number of hydrogen-bond donors (Lipinski definition) is 1. The fourth-order valence-electron chi connectivity index (χ4n) is 3.69. The van der Waals surface area contributed by atoms with Gasteiger partial charge in [0, 0.05) is 43.5 Å². The second-order valence-electron chi connectivity index (χ2n) is 7.33. The fraction of sp³-hybridized carbons (Fsp3) is 0.304. The molecule has 156 valence electrons. The number of carbonyl (C=O) groups is 2. The highest BCUT2D eigenvalue weighted by Crippen LogP contribution is 2.24. The summed E-state index contributed by atoms with van der Waals surface area (Å²) < 4.78 is 19.7. The van der Waals surface area contributed by atoms with Gasteiger partial charge in [-0.1, -0.05) is 12.1 Å². The van der Waals surface area contributed by atoms with Crippen LogP contribution in [-0.2, 0) is 14.3 Å². The number of anilines is 3. The lowest BCUT2D eigenvalue weighted by Crippen LogP contribution is -2.36. The Labute approximate surface area is 174 Å². The maximum Gasteiger partial charge on any atom is 0.248 e. The molecule has 0 aromatic heterocycles. The minimum atomic E-state index is -0.370. The third kappa shape index (κ3) is 4.68. The van der Waals surface area contributed by atoms with Crippen LogP contribution in [-0.4, -0.2) is 44.7 Å². The molecule has 2 heterocycles. The number of morpholine rings is 1. The molecule has 2 aromatic carbocycles. The van der Waals surface area contributed by atoms with Gasteiger partial charge in [0.25, 0.3) is 0 Å². The van der Waals surface area contributed by atoms with Crippen molar-refractivity contribution in [1.82, 2.24) is 0 Å². The average molecular weight is 409 g/mol. The first kappa shape index (κ1) is 20.1. The van der Waals surface area contributed by atoms with Crippen LogP contribution >= 0.6 is 0 Å². The molecule has 6 nitrogen and oxygen atoms in total. The van der Waals surface area contributed by atoms with E-state index in [2.05, 4.69) is 5.32 Å². The van der Waals surface area contributed by atoms with Crippen molar-refractivity contribution in [3.05, 3.63) is 59.9 Å². The molecular weight excluding hydrogens is 385 g/mol. The molecule has 30 heavy (non-hydrogen) atoms. The van der Waals surface area contributed by atoms with Crippen LogP contribution < -0.4 is 15.1 Å². The molecule has 0 unspecified atom stereocenters. The third-order valence-corrected chi connectivity index (χ3v) is 5.27. The van der Waals surface area contributed by atoms with Crippen molar-refractivity contribution in [1.29, 1.82) is 0 Å². The van der Waals surface area contributed by atoms with E-state index >= 15 is 0 Å². The number of ether oxygens (including phenoxy) is 1. The molecule has 0 atom stereocenters. The maximum absolute atomic E-state index is 14.4. The molecule has 2 fully saturated rings. The van der Waals surface area contributed by atoms with Gasteiger partial charge < -0.3 is 19.9 Å². The lowest BCUT2D eigenvalue weighted by Gasteiger charge is -2.29. The predicted octanol–water partition coefficient (Wildman–Crippen LogP) is 3.44. The van der Waals surface area contributed by atoms with Crippen LogP contribution in [0.3, 0.4) is 0 Å². The van der Waals surface area contributed by atoms with E-state index in [-0.39, 0.29) is 17.6 Å². The molecule has 2 aliphatic rings. The molecule has 2 aromatic rings. The highest BCUT2D eigenvalue weighted by molar-refractivity contribution is 6.02. The molecule has 0 radical (unpaired) electrons. The normalized spacial score (nSPS) is 17.0. The van der Waals surface area contributed by atoms with Crippen molar-refractivity contribution in [2.75, 3.05) is 48.0 Å². The Morgan fingerprint density at radius 3 is 2.50 bits per heavy atom. The molecule has 0 bridgehead atoms. The van der Waals surface area contributed by atoms with E-state index in [0.29, 0.717) is 44.1 Å². The maximum atomic E-state index is 14.4. The Morgan fingerprint density at radius 1 is 1.07 bits per heavy atom. The van der Waals surface area contributed by atoms with Crippen LogP contribution in [0.1, 0.15) is 18.4 Å². The molecule has 0 spiro atoms. The van der Waals surface area contributed by atoms with Gasteiger partial charge in [0.15, 0.2) is 0 Å². The Kier molecular flexibility index (Phi) is 6.09. The molecule has 0 saturated carbocycles. The average Bonchev–Trinajstić information content (AvgIpc) is 3.19. The largest absolute Gasteiger partial charge is 0.378 e. The molecule has 4 rings (SSSR count). The zero-order valence-electron chi connectivity index (χ0n) is 16.6. The number of halogens is 1. The van der Waals surface area contributed by atoms with Crippen molar-refractivity contribution in [2.45, 2.75) is 12.8 Å². The van der Waals surface area contributed by atoms with E-state index in [1.165, 1.54) is 12.1 Å². The molecule has 1 N–H and O–H groups in total. The first-order chi connectivity index (χ1) is 14.6. The van der Waals surface area contributed by atoms with Crippen LogP contribution in [0.5, 0.6) is 0 Å². The summed E-state index contributed by atoms with van der Waals surface area (Å²) in [7, 11) is 0. The van der Waals surface area contributed by atoms with Gasteiger partial charge in [0.05, 0.1) is 18.9 Å². The predicted molar refractivity (Wildman–Crippen MR) is 115 cm³/mol. The van der Waals surface area contributed by atoms with Crippen LogP contribution in [0.2, 0.25) is 0 Å². The highest BCUT2D eigenvalue weighted by atomic mass is 19.1. The van der Waals surface area contributed by atoms with Crippen LogP contribution in [0.15, 0.2) is 48.5 Å². The van der Waals surface area contributed by atoms with Crippen molar-refractivity contribution >= 4 is 35.0 Å². The van der Waals surface area contributed by atoms with Crippen molar-refractivity contribution < 1.29 is 18.7 Å². The van der Waals surface area contributed by atoms with Gasteiger partial charge in [-0.15, -0.1) is 0 Å². The molecule has 2 aliphatic heterocycles. The van der Waals surface area contributed by atoms with E-state index in [0.717, 1.165) is 24.2 Å². The van der Waals surface area contributed by atoms with E-state index in [1.54, 1.807) is 23.1 Å². The quantitative estimate of drug-likeness (QED) is 0.769. The van der Waals surface area contributed by atoms with Crippen LogP contribution in [0.25, 0.3) is 6.08 Å². The summed E-state index contributed by atoms with van der Waals surface area (Å²) in [6.07, 6.45) is 4.57. The molecule has 0 aliphatic carbocycles. The number of rotatable bonds is 5. The SMILES string of the molecule is O=C(/C=C/c1ccc(N2CCCC2=O)cc1)Nc1ccc(N2CCOCC2)c(F)c1. The molecule has 7 heteroatoms. The minimum absolute atomic E-state index is 0.143. The number of benzene rings is 2. The molecule has 2 saturated heterocycles. The first-order valence-corrected chi connectivity index (χ1v) is 10.1. The lowest BCUT2D eigenvalue weighted by atomic mass is 10.2. The van der Waals surface area contributed by atoms with E-state index in [1.807, 2.05) is 29.2 Å². The number of hydrogen-bond acceptors (Lipinski definition) is 4. The number of nitrogens with one attached hydrogen (secondary N) is 1. The fourth-order valence-corrected chi connectivity index (χ4v) is 3.69. The third-order valence-electron chi connectivity index (χ3n) is 5.27. The summed E-state index contributed by atoms with van der Waals surface area (Å²) in [5.41, 5.74) is 2.63. The number of nitrogens with zero attached hydrogens (tertiary/aromatic N) is 2. The topological polar surface area (TPSA) is 61.9 Å². The van der Waals surface area contributed by atoms with E-state index in [9.17, 15) is 14.0 Å². The second kappa shape index (κ2) is 9.09. The Morgan fingerprint density at radius 2 is 1.83 bits per heavy atom. The van der Waals surface area contributed by atoms with Gasteiger partial charge in [-0.3, -0.25) is 9.59 Å². The van der Waals surface area contributed by atoms with E-state index in [4.69, 9.17) is 4.74 Å². The summed E-state index contributed by atoms with van der Waals surface area (Å²) in [5, 5.41) is 2.68. The summed E-state index contributed by atoms with van der Waals surface area (Å²) in [6.45, 7) is 3.21. The second-order valence-corrected chi connectivity index (χ2v) is 7.33. The first-order valence-electron chi connectivity index (χ1n) is 10.1. The molecular formula is C23H24FN3O3. The summed E-state index contributed by atoms with van der Waals surface area (Å²) in [6, 6.07) is 12.2. The van der Waals surface area contributed by atoms with Crippen molar-refractivity contribution in [3.8, 4) is 0 Å². The smallest absolute Gasteiger partial charge is 0.248 e. The van der Waals surface area contributed by atoms with Gasteiger partial charge >= 0.3 is 0 Å². The van der Waals surface area contributed by atoms with E-state index < -0.39 is 0 Å². The van der Waals surface area contributed by atoms with Crippen LogP contribution in [0.4, 0.5) is 21.5 Å². The monoisotopic (exact) mass is 409 g/mol. The van der Waals surface area contributed by atoms with Crippen molar-refractivity contribution in [2.24, 2.45) is 0 Å². The summed E-state index contributed by atoms with van der Waals surface area (Å²) >= 11 is 0. The van der Waals surface area contributed by atoms with Gasteiger partial charge in [-0.2, -0.15) is 0 Å². The highest BCUT2D eigenvalue weighted by Gasteiger charge is 2.21. The zero-order valence-corrected chi connectivity index (χ0v) is 16.6. The summed E-state index contributed by atoms with van der Waals surface area (Å²) in [4.78, 5) is 27.7. The van der Waals surface area contributed by atoms with Gasteiger partial charge in [-0.05, 0) is 48.4 Å². The van der Waals surface area contributed by atoms with Gasteiger partial charge in [0.1, 0.15) is 5.82 Å².